The SMILES string of the molecule is Cc1nc(C)c(C(=O)N2CC3CCCC(N)C3C2)s1. The van der Waals surface area contributed by atoms with Gasteiger partial charge >= 0.3 is 0 Å². The summed E-state index contributed by atoms with van der Waals surface area (Å²) < 4.78 is 0. The van der Waals surface area contributed by atoms with Crippen molar-refractivity contribution < 1.29 is 4.79 Å². The summed E-state index contributed by atoms with van der Waals surface area (Å²) in [6.07, 6.45) is 3.55. The molecule has 19 heavy (non-hydrogen) atoms. The van der Waals surface area contributed by atoms with Crippen LogP contribution in [0.5, 0.6) is 0 Å². The molecule has 3 rings (SSSR count). The summed E-state index contributed by atoms with van der Waals surface area (Å²) in [7, 11) is 0. The highest BCUT2D eigenvalue weighted by molar-refractivity contribution is 7.13. The largest absolute Gasteiger partial charge is 0.337 e. The first-order valence-electron chi connectivity index (χ1n) is 7.05. The van der Waals surface area contributed by atoms with Crippen LogP contribution in [0.3, 0.4) is 0 Å². The molecule has 104 valence electrons. The van der Waals surface area contributed by atoms with Gasteiger partial charge in [0.05, 0.1) is 10.7 Å². The molecule has 2 fully saturated rings. The Morgan fingerprint density at radius 3 is 2.79 bits per heavy atom. The van der Waals surface area contributed by atoms with Gasteiger partial charge < -0.3 is 10.6 Å². The quantitative estimate of drug-likeness (QED) is 0.855. The summed E-state index contributed by atoms with van der Waals surface area (Å²) in [5.74, 6) is 1.28. The zero-order valence-corrected chi connectivity index (χ0v) is 12.4. The normalized spacial score (nSPS) is 30.5. The molecule has 2 heterocycles. The molecule has 1 aromatic heterocycles. The van der Waals surface area contributed by atoms with E-state index < -0.39 is 0 Å². The molecule has 0 aromatic carbocycles. The Balaban J connectivity index is 1.77. The lowest BCUT2D eigenvalue weighted by Crippen LogP contribution is -2.38. The van der Waals surface area contributed by atoms with Gasteiger partial charge in [-0.1, -0.05) is 6.42 Å². The Morgan fingerprint density at radius 2 is 2.16 bits per heavy atom. The van der Waals surface area contributed by atoms with Crippen LogP contribution in [0, 0.1) is 25.7 Å². The highest BCUT2D eigenvalue weighted by Gasteiger charge is 2.41. The highest BCUT2D eigenvalue weighted by Crippen LogP contribution is 2.36. The number of carbonyl (C=O) groups is 1. The van der Waals surface area contributed by atoms with E-state index >= 15 is 0 Å². The summed E-state index contributed by atoms with van der Waals surface area (Å²) in [4.78, 5) is 19.8. The first-order chi connectivity index (χ1) is 9.06. The minimum Gasteiger partial charge on any atom is -0.337 e. The van der Waals surface area contributed by atoms with E-state index in [0.29, 0.717) is 11.8 Å². The summed E-state index contributed by atoms with van der Waals surface area (Å²) in [6.45, 7) is 5.59. The van der Waals surface area contributed by atoms with E-state index in [9.17, 15) is 4.79 Å². The molecule has 3 unspecified atom stereocenters. The highest BCUT2D eigenvalue weighted by atomic mass is 32.1. The Hall–Kier alpha value is -0.940. The molecule has 4 nitrogen and oxygen atoms in total. The van der Waals surface area contributed by atoms with Crippen LogP contribution in [-0.2, 0) is 0 Å². The molecule has 3 atom stereocenters. The van der Waals surface area contributed by atoms with Crippen molar-refractivity contribution in [2.45, 2.75) is 39.2 Å². The van der Waals surface area contributed by atoms with Crippen molar-refractivity contribution in [3.8, 4) is 0 Å². The number of hydrogen-bond donors (Lipinski definition) is 1. The summed E-state index contributed by atoms with van der Waals surface area (Å²) in [5.41, 5.74) is 7.07. The van der Waals surface area contributed by atoms with Gasteiger partial charge in [-0.3, -0.25) is 4.79 Å². The van der Waals surface area contributed by atoms with Crippen LogP contribution in [0.15, 0.2) is 0 Å². The number of thiazole rings is 1. The third-order valence-corrected chi connectivity index (χ3v) is 5.60. The minimum absolute atomic E-state index is 0.157. The maximum absolute atomic E-state index is 12.6. The Kier molecular flexibility index (Phi) is 3.35. The molecule has 0 bridgehead atoms. The van der Waals surface area contributed by atoms with Crippen molar-refractivity contribution >= 4 is 17.2 Å². The molecule has 1 aliphatic heterocycles. The van der Waals surface area contributed by atoms with Crippen LogP contribution in [-0.4, -0.2) is 34.9 Å². The van der Waals surface area contributed by atoms with Gasteiger partial charge in [0.15, 0.2) is 0 Å². The number of rotatable bonds is 1. The van der Waals surface area contributed by atoms with E-state index in [-0.39, 0.29) is 11.9 Å². The zero-order valence-electron chi connectivity index (χ0n) is 11.6. The standard InChI is InChI=1S/C14H21N3OS/c1-8-13(19-9(2)16-8)14(18)17-6-10-4-3-5-12(15)11(10)7-17/h10-12H,3-7,15H2,1-2H3. The second-order valence-corrected chi connectivity index (χ2v) is 7.08. The third-order valence-electron chi connectivity index (χ3n) is 4.54. The minimum atomic E-state index is 0.157. The predicted molar refractivity (Wildman–Crippen MR) is 76.3 cm³/mol. The number of aryl methyl sites for hydroxylation is 2. The number of likely N-dealkylation sites (tertiary alicyclic amines) is 1. The van der Waals surface area contributed by atoms with Crippen molar-refractivity contribution in [1.82, 2.24) is 9.88 Å². The number of nitrogens with two attached hydrogens (primary N) is 1. The molecule has 0 radical (unpaired) electrons. The van der Waals surface area contributed by atoms with Crippen molar-refractivity contribution in [1.29, 1.82) is 0 Å². The van der Waals surface area contributed by atoms with Gasteiger partial charge in [-0.05, 0) is 38.5 Å². The maximum Gasteiger partial charge on any atom is 0.265 e. The Bertz CT molecular complexity index is 499. The topological polar surface area (TPSA) is 59.2 Å². The smallest absolute Gasteiger partial charge is 0.265 e. The average molecular weight is 279 g/mol. The van der Waals surface area contributed by atoms with Gasteiger partial charge in [0.1, 0.15) is 4.88 Å². The number of carbonyl (C=O) groups excluding carboxylic acids is 1. The number of amides is 1. The molecule has 2 aliphatic rings. The molecular formula is C14H21N3OS. The molecule has 1 aromatic rings. The van der Waals surface area contributed by atoms with Crippen LogP contribution < -0.4 is 5.73 Å². The molecular weight excluding hydrogens is 258 g/mol. The maximum atomic E-state index is 12.6. The molecule has 1 amide bonds. The number of fused-ring (bicyclic) bond motifs is 1. The lowest BCUT2D eigenvalue weighted by atomic mass is 9.78. The van der Waals surface area contributed by atoms with Crippen LogP contribution in [0.2, 0.25) is 0 Å². The average Bonchev–Trinajstić information content (AvgIpc) is 2.93. The fraction of sp³-hybridized carbons (Fsp3) is 0.714. The first-order valence-corrected chi connectivity index (χ1v) is 7.87. The number of aromatic nitrogens is 1. The van der Waals surface area contributed by atoms with Crippen LogP contribution in [0.4, 0.5) is 0 Å². The van der Waals surface area contributed by atoms with Crippen molar-refractivity contribution in [2.75, 3.05) is 13.1 Å². The van der Waals surface area contributed by atoms with E-state index in [2.05, 4.69) is 4.98 Å². The second-order valence-electron chi connectivity index (χ2n) is 5.88. The fourth-order valence-electron chi connectivity index (χ4n) is 3.56. The van der Waals surface area contributed by atoms with E-state index in [1.807, 2.05) is 18.7 Å². The second kappa shape index (κ2) is 4.87. The van der Waals surface area contributed by atoms with Gasteiger partial charge in [-0.15, -0.1) is 11.3 Å². The van der Waals surface area contributed by atoms with Crippen LogP contribution in [0.25, 0.3) is 0 Å². The Morgan fingerprint density at radius 1 is 1.37 bits per heavy atom. The lowest BCUT2D eigenvalue weighted by molar-refractivity contribution is 0.0787. The van der Waals surface area contributed by atoms with Crippen molar-refractivity contribution in [3.63, 3.8) is 0 Å². The van der Waals surface area contributed by atoms with Gasteiger partial charge in [-0.2, -0.15) is 0 Å². The molecule has 1 aliphatic carbocycles. The lowest BCUT2D eigenvalue weighted by Gasteiger charge is -2.29. The van der Waals surface area contributed by atoms with Gasteiger partial charge in [0, 0.05) is 19.1 Å². The zero-order chi connectivity index (χ0) is 13.6. The van der Waals surface area contributed by atoms with Gasteiger partial charge in [0.25, 0.3) is 5.91 Å². The van der Waals surface area contributed by atoms with Gasteiger partial charge in [0.2, 0.25) is 0 Å². The van der Waals surface area contributed by atoms with E-state index in [1.54, 1.807) is 0 Å². The van der Waals surface area contributed by atoms with E-state index in [4.69, 9.17) is 5.73 Å². The molecule has 5 heteroatoms. The van der Waals surface area contributed by atoms with Crippen LogP contribution in [0.1, 0.15) is 39.6 Å². The van der Waals surface area contributed by atoms with Crippen molar-refractivity contribution in [2.24, 2.45) is 17.6 Å². The fourth-order valence-corrected chi connectivity index (χ4v) is 4.44. The van der Waals surface area contributed by atoms with Crippen molar-refractivity contribution in [3.05, 3.63) is 15.6 Å². The monoisotopic (exact) mass is 279 g/mol. The first kappa shape index (κ1) is 13.1. The number of hydrogen-bond acceptors (Lipinski definition) is 4. The predicted octanol–water partition coefficient (Wildman–Crippen LogP) is 1.96. The summed E-state index contributed by atoms with van der Waals surface area (Å²) >= 11 is 1.51. The van der Waals surface area contributed by atoms with E-state index in [0.717, 1.165) is 35.1 Å². The molecule has 0 spiro atoms. The van der Waals surface area contributed by atoms with Crippen LogP contribution >= 0.6 is 11.3 Å². The third kappa shape index (κ3) is 2.30. The Labute approximate surface area is 118 Å². The molecule has 2 N–H and O–H groups in total. The molecule has 1 saturated heterocycles. The summed E-state index contributed by atoms with van der Waals surface area (Å²) in [5, 5.41) is 0.967. The van der Waals surface area contributed by atoms with Gasteiger partial charge in [-0.25, -0.2) is 4.98 Å². The summed E-state index contributed by atoms with van der Waals surface area (Å²) in [6, 6.07) is 0.279. The molecule has 1 saturated carbocycles. The van der Waals surface area contributed by atoms with E-state index in [1.165, 1.54) is 24.2 Å². The number of nitrogens with zero attached hydrogens (tertiary/aromatic N) is 2.